The molecule has 5 heteroatoms. The third-order valence-electron chi connectivity index (χ3n) is 2.74. The topological polar surface area (TPSA) is 35.5 Å². The molecule has 0 saturated carbocycles. The van der Waals surface area contributed by atoms with Gasteiger partial charge in [0.1, 0.15) is 0 Å². The fraction of sp³-hybridized carbons (Fsp3) is 0.909. The van der Waals surface area contributed by atoms with Gasteiger partial charge < -0.3 is 9.47 Å². The molecule has 0 N–H and O–H groups in total. The molecule has 0 unspecified atom stereocenters. The maximum atomic E-state index is 11.3. The summed E-state index contributed by atoms with van der Waals surface area (Å²) in [5, 5.41) is 0. The Bertz CT molecular complexity index is 219. The van der Waals surface area contributed by atoms with E-state index in [1.54, 1.807) is 0 Å². The molecule has 1 aliphatic rings. The summed E-state index contributed by atoms with van der Waals surface area (Å²) in [7, 11) is -1.50. The van der Waals surface area contributed by atoms with Crippen molar-refractivity contribution >= 4 is 24.4 Å². The van der Waals surface area contributed by atoms with Crippen molar-refractivity contribution in [2.45, 2.75) is 45.1 Å². The Balaban J connectivity index is 1.92. The van der Waals surface area contributed by atoms with E-state index in [4.69, 9.17) is 20.6 Å². The van der Waals surface area contributed by atoms with Gasteiger partial charge in [-0.1, -0.05) is 19.8 Å². The molecule has 1 rings (SSSR count). The lowest BCUT2D eigenvalue weighted by Crippen LogP contribution is -2.50. The van der Waals surface area contributed by atoms with Crippen molar-refractivity contribution in [3.8, 4) is 0 Å². The van der Waals surface area contributed by atoms with Crippen LogP contribution in [-0.4, -0.2) is 32.4 Å². The largest absolute Gasteiger partial charge is 0.466 e. The van der Waals surface area contributed by atoms with Gasteiger partial charge in [-0.25, -0.2) is 0 Å². The summed E-state index contributed by atoms with van der Waals surface area (Å²) in [6.07, 6.45) is 6.06. The lowest BCUT2D eigenvalue weighted by atomic mass is 10.2. The number of hydrogen-bond donors (Lipinski definition) is 0. The van der Waals surface area contributed by atoms with Crippen LogP contribution in [0.4, 0.5) is 0 Å². The van der Waals surface area contributed by atoms with Crippen LogP contribution in [0.3, 0.4) is 0 Å². The van der Waals surface area contributed by atoms with E-state index in [2.05, 4.69) is 6.92 Å². The molecule has 1 aliphatic heterocycles. The molecule has 0 atom stereocenters. The predicted octanol–water partition coefficient (Wildman–Crippen LogP) is 2.79. The summed E-state index contributed by atoms with van der Waals surface area (Å²) in [5.74, 6) is -0.0661. The van der Waals surface area contributed by atoms with Crippen LogP contribution in [0.25, 0.3) is 0 Å². The van der Waals surface area contributed by atoms with Crippen molar-refractivity contribution in [1.29, 1.82) is 0 Å². The average molecular weight is 265 g/mol. The zero-order valence-electron chi connectivity index (χ0n) is 9.97. The number of carbonyl (C=O) groups excluding carboxylic acids is 1. The highest BCUT2D eigenvalue weighted by Gasteiger charge is 2.38. The van der Waals surface area contributed by atoms with E-state index in [0.29, 0.717) is 13.0 Å². The molecule has 0 aromatic heterocycles. The van der Waals surface area contributed by atoms with Gasteiger partial charge in [0.25, 0.3) is 0 Å². The van der Waals surface area contributed by atoms with Crippen molar-refractivity contribution in [2.24, 2.45) is 0 Å². The summed E-state index contributed by atoms with van der Waals surface area (Å²) in [4.78, 5) is 11.3. The molecule has 1 heterocycles. The van der Waals surface area contributed by atoms with Crippen molar-refractivity contribution in [3.63, 3.8) is 0 Å². The number of hydrogen-bond acceptors (Lipinski definition) is 3. The van der Waals surface area contributed by atoms with Crippen molar-refractivity contribution in [2.75, 3.05) is 19.1 Å². The highest BCUT2D eigenvalue weighted by Crippen LogP contribution is 2.26. The molecule has 1 fully saturated rings. The third-order valence-corrected chi connectivity index (χ3v) is 6.65. The SMILES string of the molecule is CCCCOC(=O)CCCC[Si]1(Cl)COC1. The summed E-state index contributed by atoms with van der Waals surface area (Å²) in [6, 6.07) is 1.07. The molecule has 1 saturated heterocycles. The Morgan fingerprint density at radius 2 is 2.12 bits per heavy atom. The first-order valence-electron chi connectivity index (χ1n) is 6.08. The van der Waals surface area contributed by atoms with Gasteiger partial charge in [-0.05, 0) is 18.9 Å². The lowest BCUT2D eigenvalue weighted by molar-refractivity contribution is -0.143. The van der Waals surface area contributed by atoms with E-state index in [-0.39, 0.29) is 5.97 Å². The van der Waals surface area contributed by atoms with Crippen molar-refractivity contribution < 1.29 is 14.3 Å². The van der Waals surface area contributed by atoms with Crippen LogP contribution in [0.2, 0.25) is 6.04 Å². The Morgan fingerprint density at radius 1 is 1.38 bits per heavy atom. The van der Waals surface area contributed by atoms with Gasteiger partial charge in [0.15, 0.2) is 0 Å². The molecule has 0 aromatic carbocycles. The molecule has 0 radical (unpaired) electrons. The molecular weight excluding hydrogens is 244 g/mol. The molecule has 0 aliphatic carbocycles. The van der Waals surface area contributed by atoms with Gasteiger partial charge in [-0.15, -0.1) is 0 Å². The number of carbonyl (C=O) groups is 1. The van der Waals surface area contributed by atoms with Gasteiger partial charge in [-0.3, -0.25) is 4.79 Å². The summed E-state index contributed by atoms with van der Waals surface area (Å²) in [5.41, 5.74) is 0. The Hall–Kier alpha value is -0.0631. The van der Waals surface area contributed by atoms with Gasteiger partial charge >= 0.3 is 5.97 Å². The quantitative estimate of drug-likeness (QED) is 0.293. The molecule has 16 heavy (non-hydrogen) atoms. The summed E-state index contributed by atoms with van der Waals surface area (Å²) >= 11 is 6.32. The highest BCUT2D eigenvalue weighted by molar-refractivity contribution is 7.21. The van der Waals surface area contributed by atoms with Crippen LogP contribution in [0.5, 0.6) is 0 Å². The normalized spacial score (nSPS) is 17.9. The van der Waals surface area contributed by atoms with Crippen LogP contribution in [0, 0.1) is 0 Å². The molecule has 0 amide bonds. The van der Waals surface area contributed by atoms with Crippen LogP contribution < -0.4 is 0 Å². The average Bonchev–Trinajstić information content (AvgIpc) is 2.22. The van der Waals surface area contributed by atoms with E-state index >= 15 is 0 Å². The molecule has 3 nitrogen and oxygen atoms in total. The number of ether oxygens (including phenoxy) is 2. The Kier molecular flexibility index (Phi) is 6.39. The first-order chi connectivity index (χ1) is 7.66. The van der Waals surface area contributed by atoms with Gasteiger partial charge in [0.2, 0.25) is 7.38 Å². The van der Waals surface area contributed by atoms with E-state index in [9.17, 15) is 4.79 Å². The molecule has 0 bridgehead atoms. The third kappa shape index (κ3) is 5.32. The maximum absolute atomic E-state index is 11.3. The second-order valence-electron chi connectivity index (χ2n) is 4.42. The first kappa shape index (κ1) is 14.0. The zero-order chi connectivity index (χ0) is 11.9. The standard InChI is InChI=1S/C11H21ClO3Si/c1-2-3-7-15-11(13)6-4-5-8-16(12)9-14-10-16/h2-10H2,1H3. The maximum Gasteiger partial charge on any atom is 0.305 e. The minimum Gasteiger partial charge on any atom is -0.466 e. The van der Waals surface area contributed by atoms with Gasteiger partial charge in [-0.2, -0.15) is 11.1 Å². The molecule has 94 valence electrons. The highest BCUT2D eigenvalue weighted by atomic mass is 35.6. The number of rotatable bonds is 8. The van der Waals surface area contributed by atoms with E-state index in [1.165, 1.54) is 0 Å². The van der Waals surface area contributed by atoms with Crippen molar-refractivity contribution in [3.05, 3.63) is 0 Å². The minimum absolute atomic E-state index is 0.0661. The van der Waals surface area contributed by atoms with Crippen LogP contribution >= 0.6 is 11.1 Å². The number of halogens is 1. The molecular formula is C11H21ClO3Si. The predicted molar refractivity (Wildman–Crippen MR) is 67.0 cm³/mol. The Morgan fingerprint density at radius 3 is 2.69 bits per heavy atom. The van der Waals surface area contributed by atoms with Crippen LogP contribution in [0.15, 0.2) is 0 Å². The fourth-order valence-corrected chi connectivity index (χ4v) is 4.26. The Labute approximate surface area is 103 Å². The van der Waals surface area contributed by atoms with E-state index < -0.39 is 7.38 Å². The monoisotopic (exact) mass is 264 g/mol. The minimum atomic E-state index is -1.50. The van der Waals surface area contributed by atoms with Crippen LogP contribution in [0.1, 0.15) is 39.0 Å². The van der Waals surface area contributed by atoms with E-state index in [1.807, 2.05) is 0 Å². The van der Waals surface area contributed by atoms with Gasteiger partial charge in [0, 0.05) is 6.42 Å². The molecule has 0 aromatic rings. The smallest absolute Gasteiger partial charge is 0.305 e. The number of esters is 1. The van der Waals surface area contributed by atoms with E-state index in [0.717, 1.165) is 44.2 Å². The summed E-state index contributed by atoms with van der Waals surface area (Å²) in [6.45, 7) is 2.65. The molecule has 0 spiro atoms. The van der Waals surface area contributed by atoms with Crippen molar-refractivity contribution in [1.82, 2.24) is 0 Å². The first-order valence-corrected chi connectivity index (χ1v) is 9.72. The van der Waals surface area contributed by atoms with Crippen LogP contribution in [-0.2, 0) is 14.3 Å². The second-order valence-corrected chi connectivity index (χ2v) is 10.2. The fourth-order valence-electron chi connectivity index (χ4n) is 1.58. The zero-order valence-corrected chi connectivity index (χ0v) is 11.7. The lowest BCUT2D eigenvalue weighted by Gasteiger charge is -2.32. The second kappa shape index (κ2) is 7.30. The van der Waals surface area contributed by atoms with Gasteiger partial charge in [0.05, 0.1) is 19.1 Å². The number of unbranched alkanes of at least 4 members (excludes halogenated alkanes) is 2. The summed E-state index contributed by atoms with van der Waals surface area (Å²) < 4.78 is 10.2.